The van der Waals surface area contributed by atoms with Gasteiger partial charge in [0.25, 0.3) is 0 Å². The number of nitrogens with zero attached hydrogens (tertiary/aromatic N) is 2. The lowest BCUT2D eigenvalue weighted by Crippen LogP contribution is -1.91. The molecule has 0 amide bonds. The number of hydrogen-bond acceptors (Lipinski definition) is 3. The molecule has 0 spiro atoms. The molecule has 3 heteroatoms. The Hall–Kier alpha value is -4.47. The highest BCUT2D eigenvalue weighted by atomic mass is 32.2. The summed E-state index contributed by atoms with van der Waals surface area (Å²) in [4.78, 5) is 11.5. The van der Waals surface area contributed by atoms with Crippen LogP contribution in [0.1, 0.15) is 0 Å². The van der Waals surface area contributed by atoms with Gasteiger partial charge in [-0.25, -0.2) is 0 Å². The minimum Gasteiger partial charge on any atom is -0.264 e. The molecule has 0 aliphatic heterocycles. The molecule has 174 valence electrons. The Bertz CT molecular complexity index is 1830. The SMILES string of the molecule is c1ccc(-c2ccc(Sc3c4ccccc4c(-c4cccc5ccccc45)c4cnccc34)cc2)nc1. The lowest BCUT2D eigenvalue weighted by Gasteiger charge is -2.18. The first-order valence-corrected chi connectivity index (χ1v) is 13.1. The van der Waals surface area contributed by atoms with Crippen LogP contribution in [0.25, 0.3) is 54.7 Å². The Morgan fingerprint density at radius 2 is 1.24 bits per heavy atom. The van der Waals surface area contributed by atoms with Gasteiger partial charge in [-0.2, -0.15) is 0 Å². The Balaban J connectivity index is 1.44. The Kier molecular flexibility index (Phi) is 5.41. The van der Waals surface area contributed by atoms with Crippen molar-refractivity contribution in [1.82, 2.24) is 9.97 Å². The summed E-state index contributed by atoms with van der Waals surface area (Å²) in [5, 5.41) is 7.38. The molecule has 0 aliphatic carbocycles. The third kappa shape index (κ3) is 3.85. The van der Waals surface area contributed by atoms with Crippen molar-refractivity contribution in [3.63, 3.8) is 0 Å². The summed E-state index contributed by atoms with van der Waals surface area (Å²) >= 11 is 1.81. The number of rotatable bonds is 4. The smallest absolute Gasteiger partial charge is 0.0701 e. The number of pyridine rings is 2. The fourth-order valence-electron chi connectivity index (χ4n) is 5.17. The van der Waals surface area contributed by atoms with Crippen LogP contribution in [0.4, 0.5) is 0 Å². The van der Waals surface area contributed by atoms with Gasteiger partial charge in [0.15, 0.2) is 0 Å². The van der Waals surface area contributed by atoms with Crippen LogP contribution in [0.3, 0.4) is 0 Å². The van der Waals surface area contributed by atoms with Crippen LogP contribution in [-0.2, 0) is 0 Å². The van der Waals surface area contributed by atoms with E-state index in [1.165, 1.54) is 53.2 Å². The number of benzene rings is 5. The number of aromatic nitrogens is 2. The van der Waals surface area contributed by atoms with Crippen molar-refractivity contribution in [1.29, 1.82) is 0 Å². The molecular formula is C34H22N2S. The predicted molar refractivity (Wildman–Crippen MR) is 156 cm³/mol. The van der Waals surface area contributed by atoms with E-state index in [0.717, 1.165) is 11.3 Å². The van der Waals surface area contributed by atoms with E-state index in [4.69, 9.17) is 0 Å². The van der Waals surface area contributed by atoms with Crippen LogP contribution >= 0.6 is 11.8 Å². The fraction of sp³-hybridized carbons (Fsp3) is 0. The molecule has 0 N–H and O–H groups in total. The monoisotopic (exact) mass is 490 g/mol. The molecular weight excluding hydrogens is 468 g/mol. The third-order valence-electron chi connectivity index (χ3n) is 6.87. The normalized spacial score (nSPS) is 11.4. The zero-order valence-electron chi connectivity index (χ0n) is 20.0. The van der Waals surface area contributed by atoms with Crippen molar-refractivity contribution in [3.8, 4) is 22.4 Å². The van der Waals surface area contributed by atoms with Crippen LogP contribution in [-0.4, -0.2) is 9.97 Å². The van der Waals surface area contributed by atoms with Crippen LogP contribution in [0, 0.1) is 0 Å². The molecule has 37 heavy (non-hydrogen) atoms. The van der Waals surface area contributed by atoms with Gasteiger partial charge in [-0.1, -0.05) is 96.7 Å². The first-order chi connectivity index (χ1) is 18.4. The molecule has 0 atom stereocenters. The van der Waals surface area contributed by atoms with Crippen molar-refractivity contribution in [3.05, 3.63) is 134 Å². The highest BCUT2D eigenvalue weighted by molar-refractivity contribution is 7.99. The molecule has 0 saturated heterocycles. The molecule has 0 aliphatic rings. The minimum atomic E-state index is 0.987. The summed E-state index contributed by atoms with van der Waals surface area (Å²) in [6, 6.07) is 40.8. The minimum absolute atomic E-state index is 0.987. The Labute approximate surface area is 219 Å². The average Bonchev–Trinajstić information content (AvgIpc) is 2.98. The topological polar surface area (TPSA) is 25.8 Å². The van der Waals surface area contributed by atoms with Gasteiger partial charge in [-0.3, -0.25) is 9.97 Å². The van der Waals surface area contributed by atoms with E-state index in [-0.39, 0.29) is 0 Å². The van der Waals surface area contributed by atoms with Crippen LogP contribution < -0.4 is 0 Å². The third-order valence-corrected chi connectivity index (χ3v) is 8.02. The van der Waals surface area contributed by atoms with E-state index < -0.39 is 0 Å². The van der Waals surface area contributed by atoms with Crippen molar-refractivity contribution in [2.75, 3.05) is 0 Å². The van der Waals surface area contributed by atoms with Gasteiger partial charge in [-0.15, -0.1) is 0 Å². The van der Waals surface area contributed by atoms with Gasteiger partial charge in [0.2, 0.25) is 0 Å². The van der Waals surface area contributed by atoms with Gasteiger partial charge in [0.05, 0.1) is 5.69 Å². The second-order valence-electron chi connectivity index (χ2n) is 9.04. The molecule has 7 rings (SSSR count). The lowest BCUT2D eigenvalue weighted by molar-refractivity contribution is 1.32. The van der Waals surface area contributed by atoms with Gasteiger partial charge in [-0.05, 0) is 68.4 Å². The summed E-state index contributed by atoms with van der Waals surface area (Å²) in [6.07, 6.45) is 5.76. The maximum Gasteiger partial charge on any atom is 0.0701 e. The maximum absolute atomic E-state index is 4.56. The fourth-order valence-corrected chi connectivity index (χ4v) is 6.25. The van der Waals surface area contributed by atoms with Crippen molar-refractivity contribution in [2.45, 2.75) is 9.79 Å². The molecule has 0 bridgehead atoms. The second kappa shape index (κ2) is 9.20. The quantitative estimate of drug-likeness (QED) is 0.230. The van der Waals surface area contributed by atoms with E-state index >= 15 is 0 Å². The van der Waals surface area contributed by atoms with Crippen LogP contribution in [0.5, 0.6) is 0 Å². The average molecular weight is 491 g/mol. The Morgan fingerprint density at radius 3 is 2.08 bits per heavy atom. The molecule has 7 aromatic rings. The van der Waals surface area contributed by atoms with E-state index in [2.05, 4.69) is 107 Å². The van der Waals surface area contributed by atoms with Gasteiger partial charge < -0.3 is 0 Å². The lowest BCUT2D eigenvalue weighted by atomic mass is 9.90. The molecule has 0 fully saturated rings. The standard InChI is InChI=1S/C34H22N2S/c1-2-10-26-23(8-1)9-7-13-27(26)33-28-11-3-4-12-29(28)34(30-19-21-35-22-31(30)33)37-25-17-15-24(16-18-25)32-14-5-6-20-36-32/h1-22H. The summed E-state index contributed by atoms with van der Waals surface area (Å²) < 4.78 is 0. The zero-order chi connectivity index (χ0) is 24.6. The highest BCUT2D eigenvalue weighted by Crippen LogP contribution is 2.46. The number of hydrogen-bond donors (Lipinski definition) is 0. The molecule has 0 unspecified atom stereocenters. The first kappa shape index (κ1) is 21.8. The molecule has 2 aromatic heterocycles. The summed E-state index contributed by atoms with van der Waals surface area (Å²) in [5.74, 6) is 0. The molecule has 5 aromatic carbocycles. The second-order valence-corrected chi connectivity index (χ2v) is 10.1. The highest BCUT2D eigenvalue weighted by Gasteiger charge is 2.17. The van der Waals surface area contributed by atoms with E-state index in [1.807, 2.05) is 48.6 Å². The van der Waals surface area contributed by atoms with E-state index in [1.54, 1.807) is 0 Å². The van der Waals surface area contributed by atoms with Crippen LogP contribution in [0.15, 0.2) is 144 Å². The van der Waals surface area contributed by atoms with Crippen LogP contribution in [0.2, 0.25) is 0 Å². The first-order valence-electron chi connectivity index (χ1n) is 12.3. The molecule has 0 radical (unpaired) electrons. The van der Waals surface area contributed by atoms with E-state index in [9.17, 15) is 0 Å². The predicted octanol–water partition coefficient (Wildman–Crippen LogP) is 9.42. The van der Waals surface area contributed by atoms with Crippen molar-refractivity contribution < 1.29 is 0 Å². The van der Waals surface area contributed by atoms with Crippen molar-refractivity contribution >= 4 is 44.1 Å². The van der Waals surface area contributed by atoms with E-state index in [0.29, 0.717) is 0 Å². The molecule has 2 heterocycles. The molecule has 0 saturated carbocycles. The van der Waals surface area contributed by atoms with Crippen molar-refractivity contribution in [2.24, 2.45) is 0 Å². The zero-order valence-corrected chi connectivity index (χ0v) is 20.8. The van der Waals surface area contributed by atoms with Gasteiger partial charge in [0, 0.05) is 39.3 Å². The maximum atomic E-state index is 4.56. The summed E-state index contributed by atoms with van der Waals surface area (Å²) in [7, 11) is 0. The summed E-state index contributed by atoms with van der Waals surface area (Å²) in [6.45, 7) is 0. The Morgan fingerprint density at radius 1 is 0.514 bits per heavy atom. The van der Waals surface area contributed by atoms with Gasteiger partial charge >= 0.3 is 0 Å². The molecule has 2 nitrogen and oxygen atoms in total. The largest absolute Gasteiger partial charge is 0.264 e. The number of fused-ring (bicyclic) bond motifs is 3. The van der Waals surface area contributed by atoms with Gasteiger partial charge in [0.1, 0.15) is 0 Å². The summed E-state index contributed by atoms with van der Waals surface area (Å²) in [5.41, 5.74) is 4.59.